The number of hydrogen-bond acceptors (Lipinski definition) is 11. The van der Waals surface area contributed by atoms with E-state index in [1.165, 1.54) is 0 Å². The highest BCUT2D eigenvalue weighted by Crippen LogP contribution is 2.03. The fraction of sp³-hybridized carbons (Fsp3) is 0.966. The summed E-state index contributed by atoms with van der Waals surface area (Å²) >= 11 is 0. The van der Waals surface area contributed by atoms with Crippen molar-refractivity contribution in [3.05, 3.63) is 0 Å². The van der Waals surface area contributed by atoms with E-state index in [2.05, 4.69) is 13.8 Å². The third kappa shape index (κ3) is 35.1. The van der Waals surface area contributed by atoms with Crippen LogP contribution in [0.4, 0.5) is 0 Å². The van der Waals surface area contributed by atoms with Crippen LogP contribution in [0.5, 0.6) is 0 Å². The van der Waals surface area contributed by atoms with E-state index < -0.39 is 0 Å². The van der Waals surface area contributed by atoms with E-state index in [-0.39, 0.29) is 12.6 Å². The first kappa shape index (κ1) is 39.1. The minimum atomic E-state index is -0.149. The minimum absolute atomic E-state index is 0.149. The number of unbranched alkanes of at least 4 members (excludes halogenated alkanes) is 4. The highest BCUT2D eigenvalue weighted by molar-refractivity contribution is 5.69. The molecule has 0 unspecified atom stereocenters. The van der Waals surface area contributed by atoms with Crippen molar-refractivity contribution in [1.29, 1.82) is 0 Å². The van der Waals surface area contributed by atoms with Gasteiger partial charge < -0.3 is 47.4 Å². The van der Waals surface area contributed by atoms with E-state index in [0.717, 1.165) is 45.1 Å². The predicted octanol–water partition coefficient (Wildman–Crippen LogP) is 3.45. The highest BCUT2D eigenvalue weighted by atomic mass is 16.6. The van der Waals surface area contributed by atoms with E-state index in [9.17, 15) is 4.79 Å². The summed E-state index contributed by atoms with van der Waals surface area (Å²) in [5.74, 6) is -0.149. The van der Waals surface area contributed by atoms with Crippen molar-refractivity contribution in [3.8, 4) is 0 Å². The van der Waals surface area contributed by atoms with E-state index in [1.54, 1.807) is 0 Å². The van der Waals surface area contributed by atoms with Gasteiger partial charge in [0.25, 0.3) is 0 Å². The third-order valence-electron chi connectivity index (χ3n) is 5.34. The molecule has 40 heavy (non-hydrogen) atoms. The number of carbonyl (C=O) groups is 1. The molecule has 0 amide bonds. The van der Waals surface area contributed by atoms with Crippen molar-refractivity contribution in [2.24, 2.45) is 0 Å². The molecule has 0 aliphatic rings. The Morgan fingerprint density at radius 3 is 0.975 bits per heavy atom. The molecule has 0 aromatic carbocycles. The molecule has 11 nitrogen and oxygen atoms in total. The number of rotatable bonds is 35. The highest BCUT2D eigenvalue weighted by Gasteiger charge is 2.02. The Morgan fingerprint density at radius 1 is 0.350 bits per heavy atom. The quantitative estimate of drug-likeness (QED) is 0.0810. The zero-order valence-corrected chi connectivity index (χ0v) is 25.4. The van der Waals surface area contributed by atoms with Crippen molar-refractivity contribution in [2.75, 3.05) is 126 Å². The molecular formula is C29H58O11. The van der Waals surface area contributed by atoms with Gasteiger partial charge in [-0.25, -0.2) is 0 Å². The first-order chi connectivity index (χ1) is 19.8. The second-order valence-electron chi connectivity index (χ2n) is 8.90. The maximum absolute atomic E-state index is 11.5. The SMILES string of the molecule is CCCCCCC(=O)OCCOCCOCCOCCOCCOCCOCCOCCOCCOCCCC. The molecule has 0 heterocycles. The van der Waals surface area contributed by atoms with Crippen LogP contribution in [0.2, 0.25) is 0 Å². The first-order valence-corrected chi connectivity index (χ1v) is 15.2. The summed E-state index contributed by atoms with van der Waals surface area (Å²) in [6.45, 7) is 14.2. The standard InChI is InChI=1S/C29H58O11/c1-3-5-7-8-9-29(30)40-28-27-39-26-25-38-24-23-37-22-21-36-20-19-35-18-17-34-16-15-33-14-13-32-12-11-31-10-6-4-2/h3-28H2,1-2H3. The monoisotopic (exact) mass is 582 g/mol. The van der Waals surface area contributed by atoms with Gasteiger partial charge in [-0.1, -0.05) is 39.5 Å². The molecule has 0 atom stereocenters. The van der Waals surface area contributed by atoms with Gasteiger partial charge in [0.15, 0.2) is 0 Å². The lowest BCUT2D eigenvalue weighted by Crippen LogP contribution is -2.15. The summed E-state index contributed by atoms with van der Waals surface area (Å²) < 4.78 is 54.1. The van der Waals surface area contributed by atoms with Crippen LogP contribution >= 0.6 is 0 Å². The lowest BCUT2D eigenvalue weighted by Gasteiger charge is -2.09. The van der Waals surface area contributed by atoms with E-state index in [0.29, 0.717) is 119 Å². The number of esters is 1. The maximum Gasteiger partial charge on any atom is 0.305 e. The van der Waals surface area contributed by atoms with E-state index >= 15 is 0 Å². The van der Waals surface area contributed by atoms with Crippen molar-refractivity contribution < 1.29 is 52.2 Å². The Hall–Kier alpha value is -0.890. The summed E-state index contributed by atoms with van der Waals surface area (Å²) in [6, 6.07) is 0. The second-order valence-corrected chi connectivity index (χ2v) is 8.90. The number of carbonyl (C=O) groups excluding carboxylic acids is 1. The molecule has 0 aromatic heterocycles. The Balaban J connectivity index is 3.07. The molecule has 0 N–H and O–H groups in total. The summed E-state index contributed by atoms with van der Waals surface area (Å²) in [7, 11) is 0. The van der Waals surface area contributed by atoms with Gasteiger partial charge in [0.05, 0.1) is 112 Å². The molecule has 0 saturated carbocycles. The molecule has 0 rings (SSSR count). The fourth-order valence-corrected chi connectivity index (χ4v) is 3.09. The Labute approximate surface area is 242 Å². The van der Waals surface area contributed by atoms with Crippen LogP contribution in [0, 0.1) is 0 Å². The van der Waals surface area contributed by atoms with Crippen LogP contribution in [-0.2, 0) is 52.2 Å². The van der Waals surface area contributed by atoms with Gasteiger partial charge >= 0.3 is 5.97 Å². The molecule has 0 fully saturated rings. The van der Waals surface area contributed by atoms with Crippen molar-refractivity contribution in [3.63, 3.8) is 0 Å². The zero-order valence-electron chi connectivity index (χ0n) is 25.4. The zero-order chi connectivity index (χ0) is 29.0. The molecule has 240 valence electrons. The van der Waals surface area contributed by atoms with Crippen molar-refractivity contribution in [1.82, 2.24) is 0 Å². The van der Waals surface area contributed by atoms with E-state index in [4.69, 9.17) is 47.4 Å². The molecular weight excluding hydrogens is 524 g/mol. The normalized spacial score (nSPS) is 11.3. The van der Waals surface area contributed by atoms with Gasteiger partial charge in [-0.05, 0) is 12.8 Å². The molecule has 0 spiro atoms. The van der Waals surface area contributed by atoms with Gasteiger partial charge in [0, 0.05) is 13.0 Å². The molecule has 0 radical (unpaired) electrons. The third-order valence-corrected chi connectivity index (χ3v) is 5.34. The van der Waals surface area contributed by atoms with Crippen LogP contribution in [-0.4, -0.2) is 132 Å². The molecule has 0 bridgehead atoms. The maximum atomic E-state index is 11.5. The van der Waals surface area contributed by atoms with E-state index in [1.807, 2.05) is 0 Å². The minimum Gasteiger partial charge on any atom is -0.463 e. The van der Waals surface area contributed by atoms with Gasteiger partial charge in [-0.15, -0.1) is 0 Å². The fourth-order valence-electron chi connectivity index (χ4n) is 3.09. The average molecular weight is 583 g/mol. The summed E-state index contributed by atoms with van der Waals surface area (Å²) in [4.78, 5) is 11.5. The number of hydrogen-bond donors (Lipinski definition) is 0. The largest absolute Gasteiger partial charge is 0.463 e. The van der Waals surface area contributed by atoms with Crippen molar-refractivity contribution >= 4 is 5.97 Å². The van der Waals surface area contributed by atoms with Gasteiger partial charge in [-0.2, -0.15) is 0 Å². The predicted molar refractivity (Wildman–Crippen MR) is 152 cm³/mol. The molecule has 0 aliphatic carbocycles. The smallest absolute Gasteiger partial charge is 0.305 e. The Bertz CT molecular complexity index is 483. The van der Waals surface area contributed by atoms with Crippen LogP contribution in [0.25, 0.3) is 0 Å². The van der Waals surface area contributed by atoms with Gasteiger partial charge in [0.1, 0.15) is 6.61 Å². The lowest BCUT2D eigenvalue weighted by atomic mass is 10.2. The first-order valence-electron chi connectivity index (χ1n) is 15.2. The molecule has 0 aromatic rings. The lowest BCUT2D eigenvalue weighted by molar-refractivity contribution is -0.145. The second kappa shape index (κ2) is 36.1. The average Bonchev–Trinajstić information content (AvgIpc) is 2.96. The molecule has 0 aliphatic heterocycles. The number of ether oxygens (including phenoxy) is 10. The van der Waals surface area contributed by atoms with Gasteiger partial charge in [-0.3, -0.25) is 4.79 Å². The Kier molecular flexibility index (Phi) is 35.3. The summed E-state index contributed by atoms with van der Waals surface area (Å²) in [6.07, 6.45) is 7.02. The van der Waals surface area contributed by atoms with Crippen molar-refractivity contribution in [2.45, 2.75) is 58.8 Å². The topological polar surface area (TPSA) is 109 Å². The van der Waals surface area contributed by atoms with Crippen LogP contribution < -0.4 is 0 Å². The van der Waals surface area contributed by atoms with Crippen LogP contribution in [0.15, 0.2) is 0 Å². The Morgan fingerprint density at radius 2 is 0.650 bits per heavy atom. The molecule has 0 saturated heterocycles. The van der Waals surface area contributed by atoms with Gasteiger partial charge in [0.2, 0.25) is 0 Å². The molecule has 11 heteroatoms. The van der Waals surface area contributed by atoms with Crippen LogP contribution in [0.3, 0.4) is 0 Å². The summed E-state index contributed by atoms with van der Waals surface area (Å²) in [5, 5.41) is 0. The summed E-state index contributed by atoms with van der Waals surface area (Å²) in [5.41, 5.74) is 0. The van der Waals surface area contributed by atoms with Crippen LogP contribution in [0.1, 0.15) is 58.8 Å².